The van der Waals surface area contributed by atoms with Gasteiger partial charge in [0.05, 0.1) is 18.0 Å². The molecule has 1 heterocycles. The zero-order valence-electron chi connectivity index (χ0n) is 14.7. The minimum absolute atomic E-state index is 0.0226. The summed E-state index contributed by atoms with van der Waals surface area (Å²) < 4.78 is 31.2. The predicted octanol–water partition coefficient (Wildman–Crippen LogP) is 1.75. The SMILES string of the molecule is Cc1ccc(N([C@@H](C)C(=O)NC[C@@H]2CCCO2)S(C)(=O)=O)cc1C. The summed E-state index contributed by atoms with van der Waals surface area (Å²) >= 11 is 0. The second-order valence-electron chi connectivity index (χ2n) is 6.38. The normalized spacial score (nSPS) is 19.1. The third-order valence-electron chi connectivity index (χ3n) is 4.36. The molecular formula is C17H26N2O4S. The number of nitrogens with one attached hydrogen (secondary N) is 1. The van der Waals surface area contributed by atoms with E-state index in [2.05, 4.69) is 5.32 Å². The Labute approximate surface area is 144 Å². The summed E-state index contributed by atoms with van der Waals surface area (Å²) in [5.41, 5.74) is 2.55. The van der Waals surface area contributed by atoms with Crippen molar-refractivity contribution < 1.29 is 17.9 Å². The third-order valence-corrected chi connectivity index (χ3v) is 5.60. The van der Waals surface area contributed by atoms with Crippen molar-refractivity contribution in [2.24, 2.45) is 0 Å². The molecule has 0 aromatic heterocycles. The Balaban J connectivity index is 2.17. The van der Waals surface area contributed by atoms with Crippen molar-refractivity contribution in [1.82, 2.24) is 5.32 Å². The summed E-state index contributed by atoms with van der Waals surface area (Å²) in [7, 11) is -3.59. The Bertz CT molecular complexity index is 697. The molecular weight excluding hydrogens is 328 g/mol. The molecule has 1 N–H and O–H groups in total. The molecule has 1 aromatic rings. The molecule has 2 atom stereocenters. The van der Waals surface area contributed by atoms with E-state index in [0.29, 0.717) is 18.8 Å². The maximum atomic E-state index is 12.4. The van der Waals surface area contributed by atoms with Gasteiger partial charge in [0.15, 0.2) is 0 Å². The first kappa shape index (κ1) is 18.7. The van der Waals surface area contributed by atoms with E-state index >= 15 is 0 Å². The first-order valence-corrected chi connectivity index (χ1v) is 10.0. The fraction of sp³-hybridized carbons (Fsp3) is 0.588. The highest BCUT2D eigenvalue weighted by molar-refractivity contribution is 7.92. The van der Waals surface area contributed by atoms with Crippen molar-refractivity contribution in [1.29, 1.82) is 0 Å². The van der Waals surface area contributed by atoms with Crippen LogP contribution in [-0.2, 0) is 19.6 Å². The molecule has 0 spiro atoms. The maximum absolute atomic E-state index is 12.4. The van der Waals surface area contributed by atoms with Gasteiger partial charge in [0, 0.05) is 13.2 Å². The van der Waals surface area contributed by atoms with E-state index in [4.69, 9.17) is 4.74 Å². The number of amides is 1. The van der Waals surface area contributed by atoms with Gasteiger partial charge >= 0.3 is 0 Å². The molecule has 0 aliphatic carbocycles. The van der Waals surface area contributed by atoms with Gasteiger partial charge in [0.2, 0.25) is 15.9 Å². The Morgan fingerprint density at radius 2 is 2.08 bits per heavy atom. The first-order chi connectivity index (χ1) is 11.2. The van der Waals surface area contributed by atoms with Gasteiger partial charge in [0.1, 0.15) is 6.04 Å². The molecule has 6 nitrogen and oxygen atoms in total. The van der Waals surface area contributed by atoms with Crippen LogP contribution in [0.3, 0.4) is 0 Å². The molecule has 1 fully saturated rings. The van der Waals surface area contributed by atoms with E-state index in [9.17, 15) is 13.2 Å². The van der Waals surface area contributed by atoms with Gasteiger partial charge in [-0.25, -0.2) is 8.42 Å². The fourth-order valence-electron chi connectivity index (χ4n) is 2.84. The summed E-state index contributed by atoms with van der Waals surface area (Å²) in [4.78, 5) is 12.4. The van der Waals surface area contributed by atoms with Crippen molar-refractivity contribution in [3.8, 4) is 0 Å². The van der Waals surface area contributed by atoms with E-state index < -0.39 is 16.1 Å². The second kappa shape index (κ2) is 7.53. The number of ether oxygens (including phenoxy) is 1. The summed E-state index contributed by atoms with van der Waals surface area (Å²) in [6.07, 6.45) is 3.05. The lowest BCUT2D eigenvalue weighted by Gasteiger charge is -2.29. The van der Waals surface area contributed by atoms with Crippen LogP contribution >= 0.6 is 0 Å². The van der Waals surface area contributed by atoms with Crippen LogP contribution in [0.2, 0.25) is 0 Å². The highest BCUT2D eigenvalue weighted by Gasteiger charge is 2.29. The molecule has 1 aliphatic rings. The Morgan fingerprint density at radius 1 is 1.38 bits per heavy atom. The van der Waals surface area contributed by atoms with Gasteiger partial charge in [-0.3, -0.25) is 9.10 Å². The van der Waals surface area contributed by atoms with Crippen molar-refractivity contribution in [2.75, 3.05) is 23.7 Å². The molecule has 24 heavy (non-hydrogen) atoms. The number of sulfonamides is 1. The number of hydrogen-bond donors (Lipinski definition) is 1. The predicted molar refractivity (Wildman–Crippen MR) is 94.7 cm³/mol. The lowest BCUT2D eigenvalue weighted by Crippen LogP contribution is -2.49. The minimum Gasteiger partial charge on any atom is -0.376 e. The van der Waals surface area contributed by atoms with Crippen LogP contribution in [0.25, 0.3) is 0 Å². The van der Waals surface area contributed by atoms with Crippen LogP contribution in [0, 0.1) is 13.8 Å². The van der Waals surface area contributed by atoms with E-state index in [1.54, 1.807) is 19.1 Å². The minimum atomic E-state index is -3.59. The Hall–Kier alpha value is -1.60. The fourth-order valence-corrected chi connectivity index (χ4v) is 4.01. The summed E-state index contributed by atoms with van der Waals surface area (Å²) in [6.45, 7) is 6.60. The molecule has 0 unspecified atom stereocenters. The average molecular weight is 354 g/mol. The van der Waals surface area contributed by atoms with E-state index in [0.717, 1.165) is 30.2 Å². The quantitative estimate of drug-likeness (QED) is 0.844. The maximum Gasteiger partial charge on any atom is 0.243 e. The van der Waals surface area contributed by atoms with E-state index in [1.165, 1.54) is 4.31 Å². The number of rotatable bonds is 6. The molecule has 134 valence electrons. The molecule has 2 rings (SSSR count). The molecule has 0 radical (unpaired) electrons. The van der Waals surface area contributed by atoms with Crippen LogP contribution < -0.4 is 9.62 Å². The van der Waals surface area contributed by atoms with E-state index in [-0.39, 0.29) is 12.0 Å². The number of hydrogen-bond acceptors (Lipinski definition) is 4. The molecule has 1 amide bonds. The lowest BCUT2D eigenvalue weighted by molar-refractivity contribution is -0.122. The molecule has 1 aromatic carbocycles. The van der Waals surface area contributed by atoms with Gasteiger partial charge in [-0.1, -0.05) is 6.07 Å². The number of benzene rings is 1. The summed E-state index contributed by atoms with van der Waals surface area (Å²) in [5, 5.41) is 2.80. The number of aryl methyl sites for hydroxylation is 2. The number of anilines is 1. The lowest BCUT2D eigenvalue weighted by atomic mass is 10.1. The van der Waals surface area contributed by atoms with Gasteiger partial charge in [0.25, 0.3) is 0 Å². The number of carbonyl (C=O) groups is 1. The zero-order valence-corrected chi connectivity index (χ0v) is 15.5. The van der Waals surface area contributed by atoms with Crippen LogP contribution in [0.4, 0.5) is 5.69 Å². The van der Waals surface area contributed by atoms with Gasteiger partial charge in [-0.05, 0) is 56.9 Å². The molecule has 1 saturated heterocycles. The average Bonchev–Trinajstić information content (AvgIpc) is 3.00. The Morgan fingerprint density at radius 3 is 2.62 bits per heavy atom. The summed E-state index contributed by atoms with van der Waals surface area (Å²) in [5.74, 6) is -0.325. The highest BCUT2D eigenvalue weighted by atomic mass is 32.2. The Kier molecular flexibility index (Phi) is 5.87. The van der Waals surface area contributed by atoms with Gasteiger partial charge in [-0.15, -0.1) is 0 Å². The van der Waals surface area contributed by atoms with Gasteiger partial charge in [-0.2, -0.15) is 0 Å². The smallest absolute Gasteiger partial charge is 0.243 e. The van der Waals surface area contributed by atoms with E-state index in [1.807, 2.05) is 19.9 Å². The highest BCUT2D eigenvalue weighted by Crippen LogP contribution is 2.23. The standard InChI is InChI=1S/C17H26N2O4S/c1-12-7-8-15(10-13(12)2)19(24(4,21)22)14(3)17(20)18-11-16-6-5-9-23-16/h7-8,10,14,16H,5-6,9,11H2,1-4H3,(H,18,20)/t14-,16-/m0/s1. The monoisotopic (exact) mass is 354 g/mol. The largest absolute Gasteiger partial charge is 0.376 e. The van der Waals surface area contributed by atoms with Gasteiger partial charge < -0.3 is 10.1 Å². The van der Waals surface area contributed by atoms with Crippen molar-refractivity contribution >= 4 is 21.6 Å². The van der Waals surface area contributed by atoms with Crippen molar-refractivity contribution in [2.45, 2.75) is 45.8 Å². The topological polar surface area (TPSA) is 75.7 Å². The first-order valence-electron chi connectivity index (χ1n) is 8.16. The molecule has 7 heteroatoms. The third kappa shape index (κ3) is 4.48. The molecule has 0 bridgehead atoms. The molecule has 0 saturated carbocycles. The summed E-state index contributed by atoms with van der Waals surface area (Å²) in [6, 6.07) is 4.55. The van der Waals surface area contributed by atoms with Crippen LogP contribution in [0.1, 0.15) is 30.9 Å². The van der Waals surface area contributed by atoms with Crippen LogP contribution in [-0.4, -0.2) is 45.9 Å². The van der Waals surface area contributed by atoms with Crippen LogP contribution in [0.5, 0.6) is 0 Å². The number of carbonyl (C=O) groups excluding carboxylic acids is 1. The second-order valence-corrected chi connectivity index (χ2v) is 8.24. The van der Waals surface area contributed by atoms with Crippen molar-refractivity contribution in [3.05, 3.63) is 29.3 Å². The molecule has 1 aliphatic heterocycles. The zero-order chi connectivity index (χ0) is 17.9. The van der Waals surface area contributed by atoms with Crippen LogP contribution in [0.15, 0.2) is 18.2 Å². The number of nitrogens with zero attached hydrogens (tertiary/aromatic N) is 1. The van der Waals surface area contributed by atoms with Crippen molar-refractivity contribution in [3.63, 3.8) is 0 Å².